The summed E-state index contributed by atoms with van der Waals surface area (Å²) in [6, 6.07) is -0.273. The van der Waals surface area contributed by atoms with Gasteiger partial charge in [0.1, 0.15) is 0 Å². The molecule has 1 amide bonds. The molecule has 2 unspecified atom stereocenters. The van der Waals surface area contributed by atoms with Crippen LogP contribution in [0.5, 0.6) is 0 Å². The van der Waals surface area contributed by atoms with E-state index in [0.717, 1.165) is 12.8 Å². The molecule has 1 N–H and O–H groups in total. The van der Waals surface area contributed by atoms with Crippen LogP contribution in [0.2, 0.25) is 0 Å². The number of aliphatic carboxylic acids is 1. The summed E-state index contributed by atoms with van der Waals surface area (Å²) >= 11 is 0. The number of carbonyl (C=O) groups is 2. The lowest BCUT2D eigenvalue weighted by Gasteiger charge is -2.33. The average Bonchev–Trinajstić information content (AvgIpc) is 2.66. The Hall–Kier alpha value is -1.26. The minimum absolute atomic E-state index is 0.0426. The van der Waals surface area contributed by atoms with Crippen LogP contribution in [0, 0.1) is 5.92 Å². The van der Waals surface area contributed by atoms with Crippen molar-refractivity contribution in [2.45, 2.75) is 52.1 Å². The van der Waals surface area contributed by atoms with E-state index in [4.69, 9.17) is 9.84 Å². The van der Waals surface area contributed by atoms with Gasteiger partial charge in [-0.2, -0.15) is 0 Å². The SMILES string of the molecule is CCOC(=O)N(C(C)C)C1CCCC1C(=O)O. The number of hydrogen-bond donors (Lipinski definition) is 1. The van der Waals surface area contributed by atoms with Gasteiger partial charge in [0.15, 0.2) is 0 Å². The van der Waals surface area contributed by atoms with Crippen LogP contribution >= 0.6 is 0 Å². The zero-order valence-electron chi connectivity index (χ0n) is 10.7. The van der Waals surface area contributed by atoms with Gasteiger partial charge in [0.25, 0.3) is 0 Å². The number of rotatable bonds is 4. The molecule has 1 aliphatic rings. The number of carboxylic acid groups (broad SMARTS) is 1. The van der Waals surface area contributed by atoms with Crippen LogP contribution in [0.3, 0.4) is 0 Å². The largest absolute Gasteiger partial charge is 0.481 e. The fourth-order valence-corrected chi connectivity index (χ4v) is 2.49. The van der Waals surface area contributed by atoms with Gasteiger partial charge in [0.05, 0.1) is 12.5 Å². The number of hydrogen-bond acceptors (Lipinski definition) is 3. The molecule has 0 heterocycles. The second-order valence-electron chi connectivity index (χ2n) is 4.64. The Balaban J connectivity index is 2.83. The van der Waals surface area contributed by atoms with Crippen molar-refractivity contribution in [2.24, 2.45) is 5.92 Å². The molecule has 1 aliphatic carbocycles. The first-order chi connectivity index (χ1) is 7.99. The third-order valence-corrected chi connectivity index (χ3v) is 3.19. The standard InChI is InChI=1S/C12H21NO4/c1-4-17-12(16)13(8(2)3)10-7-5-6-9(10)11(14)15/h8-10H,4-7H2,1-3H3,(H,14,15). The fourth-order valence-electron chi connectivity index (χ4n) is 2.49. The Morgan fingerprint density at radius 2 is 2.06 bits per heavy atom. The number of carboxylic acids is 1. The summed E-state index contributed by atoms with van der Waals surface area (Å²) in [6.45, 7) is 5.83. The maximum atomic E-state index is 11.9. The Bertz CT molecular complexity index is 290. The summed E-state index contributed by atoms with van der Waals surface area (Å²) in [6.07, 6.45) is 1.83. The van der Waals surface area contributed by atoms with Crippen LogP contribution < -0.4 is 0 Å². The molecule has 0 spiro atoms. The molecule has 17 heavy (non-hydrogen) atoms. The van der Waals surface area contributed by atoms with Gasteiger partial charge in [0.2, 0.25) is 0 Å². The first-order valence-electron chi connectivity index (χ1n) is 6.16. The highest BCUT2D eigenvalue weighted by Crippen LogP contribution is 2.31. The summed E-state index contributed by atoms with van der Waals surface area (Å²) in [5.74, 6) is -1.27. The van der Waals surface area contributed by atoms with Crippen molar-refractivity contribution in [3.8, 4) is 0 Å². The number of nitrogens with zero attached hydrogens (tertiary/aromatic N) is 1. The van der Waals surface area contributed by atoms with Crippen molar-refractivity contribution in [3.63, 3.8) is 0 Å². The highest BCUT2D eigenvalue weighted by Gasteiger charge is 2.40. The Morgan fingerprint density at radius 3 is 2.53 bits per heavy atom. The zero-order chi connectivity index (χ0) is 13.0. The molecule has 1 saturated carbocycles. The van der Waals surface area contributed by atoms with E-state index >= 15 is 0 Å². The Labute approximate surface area is 102 Å². The fraction of sp³-hybridized carbons (Fsp3) is 0.833. The van der Waals surface area contributed by atoms with E-state index in [1.54, 1.807) is 11.8 Å². The molecule has 1 rings (SSSR count). The van der Waals surface area contributed by atoms with Crippen molar-refractivity contribution in [1.82, 2.24) is 4.90 Å². The maximum absolute atomic E-state index is 11.9. The van der Waals surface area contributed by atoms with Crippen LogP contribution in [-0.4, -0.2) is 40.8 Å². The zero-order valence-corrected chi connectivity index (χ0v) is 10.7. The van der Waals surface area contributed by atoms with Gasteiger partial charge in [0, 0.05) is 12.1 Å². The highest BCUT2D eigenvalue weighted by molar-refractivity contribution is 5.74. The van der Waals surface area contributed by atoms with E-state index in [1.165, 1.54) is 0 Å². The second kappa shape index (κ2) is 5.89. The Kier molecular flexibility index (Phi) is 4.78. The van der Waals surface area contributed by atoms with Crippen molar-refractivity contribution in [2.75, 3.05) is 6.61 Å². The molecule has 5 nitrogen and oxygen atoms in total. The van der Waals surface area contributed by atoms with Crippen molar-refractivity contribution in [1.29, 1.82) is 0 Å². The quantitative estimate of drug-likeness (QED) is 0.821. The molecule has 5 heteroatoms. The van der Waals surface area contributed by atoms with Gasteiger partial charge >= 0.3 is 12.1 Å². The summed E-state index contributed by atoms with van der Waals surface area (Å²) in [5.41, 5.74) is 0. The molecule has 0 aliphatic heterocycles. The minimum Gasteiger partial charge on any atom is -0.481 e. The molecule has 1 fully saturated rings. The van der Waals surface area contributed by atoms with E-state index in [0.29, 0.717) is 13.0 Å². The third kappa shape index (κ3) is 3.11. The molecule has 0 aromatic rings. The minimum atomic E-state index is -0.817. The molecule has 0 radical (unpaired) electrons. The predicted octanol–water partition coefficient (Wildman–Crippen LogP) is 2.11. The van der Waals surface area contributed by atoms with Crippen molar-refractivity contribution in [3.05, 3.63) is 0 Å². The lowest BCUT2D eigenvalue weighted by molar-refractivity contribution is -0.143. The van der Waals surface area contributed by atoms with E-state index in [2.05, 4.69) is 0 Å². The normalized spacial score (nSPS) is 23.8. The first kappa shape index (κ1) is 13.8. The van der Waals surface area contributed by atoms with Crippen LogP contribution in [0.15, 0.2) is 0 Å². The highest BCUT2D eigenvalue weighted by atomic mass is 16.6. The van der Waals surface area contributed by atoms with Crippen LogP contribution in [0.1, 0.15) is 40.0 Å². The summed E-state index contributed by atoms with van der Waals surface area (Å²) in [5, 5.41) is 9.15. The van der Waals surface area contributed by atoms with E-state index in [9.17, 15) is 9.59 Å². The predicted molar refractivity (Wildman–Crippen MR) is 62.8 cm³/mol. The molecule has 0 saturated heterocycles. The van der Waals surface area contributed by atoms with Crippen molar-refractivity contribution >= 4 is 12.1 Å². The summed E-state index contributed by atoms with van der Waals surface area (Å²) in [4.78, 5) is 24.6. The van der Waals surface area contributed by atoms with Crippen LogP contribution in [-0.2, 0) is 9.53 Å². The van der Waals surface area contributed by atoms with E-state index in [-0.39, 0.29) is 12.1 Å². The maximum Gasteiger partial charge on any atom is 0.410 e. The molecular weight excluding hydrogens is 222 g/mol. The average molecular weight is 243 g/mol. The van der Waals surface area contributed by atoms with Gasteiger partial charge < -0.3 is 14.7 Å². The number of ether oxygens (including phenoxy) is 1. The van der Waals surface area contributed by atoms with Gasteiger partial charge in [-0.05, 0) is 33.6 Å². The molecule has 98 valence electrons. The lowest BCUT2D eigenvalue weighted by atomic mass is 10.0. The topological polar surface area (TPSA) is 66.8 Å². The van der Waals surface area contributed by atoms with Gasteiger partial charge in [-0.25, -0.2) is 4.79 Å². The number of carbonyl (C=O) groups excluding carboxylic acids is 1. The van der Waals surface area contributed by atoms with Gasteiger partial charge in [-0.3, -0.25) is 4.79 Å². The molecular formula is C12H21NO4. The third-order valence-electron chi connectivity index (χ3n) is 3.19. The smallest absolute Gasteiger partial charge is 0.410 e. The monoisotopic (exact) mass is 243 g/mol. The Morgan fingerprint density at radius 1 is 1.41 bits per heavy atom. The summed E-state index contributed by atoms with van der Waals surface area (Å²) < 4.78 is 5.00. The lowest BCUT2D eigenvalue weighted by Crippen LogP contribution is -2.48. The van der Waals surface area contributed by atoms with Gasteiger partial charge in [-0.1, -0.05) is 6.42 Å². The van der Waals surface area contributed by atoms with Gasteiger partial charge in [-0.15, -0.1) is 0 Å². The van der Waals surface area contributed by atoms with Crippen molar-refractivity contribution < 1.29 is 19.4 Å². The first-order valence-corrected chi connectivity index (χ1v) is 6.16. The number of amides is 1. The molecule has 0 aromatic heterocycles. The second-order valence-corrected chi connectivity index (χ2v) is 4.64. The van der Waals surface area contributed by atoms with Crippen LogP contribution in [0.4, 0.5) is 4.79 Å². The molecule has 2 atom stereocenters. The molecule has 0 bridgehead atoms. The van der Waals surface area contributed by atoms with E-state index in [1.807, 2.05) is 13.8 Å². The van der Waals surface area contributed by atoms with Crippen LogP contribution in [0.25, 0.3) is 0 Å². The molecule has 0 aromatic carbocycles. The van der Waals surface area contributed by atoms with E-state index < -0.39 is 18.0 Å². The summed E-state index contributed by atoms with van der Waals surface area (Å²) in [7, 11) is 0.